The van der Waals surface area contributed by atoms with Crippen LogP contribution >= 0.6 is 0 Å². The van der Waals surface area contributed by atoms with Crippen LogP contribution < -0.4 is 14.8 Å². The van der Waals surface area contributed by atoms with Crippen LogP contribution in [0.4, 0.5) is 0 Å². The number of ether oxygens (including phenoxy) is 3. The van der Waals surface area contributed by atoms with Crippen molar-refractivity contribution in [2.75, 3.05) is 19.8 Å². The van der Waals surface area contributed by atoms with E-state index in [0.29, 0.717) is 12.4 Å². The number of amides is 1. The van der Waals surface area contributed by atoms with E-state index in [2.05, 4.69) is 5.32 Å². The molecule has 0 aliphatic heterocycles. The zero-order chi connectivity index (χ0) is 21.3. The van der Waals surface area contributed by atoms with Gasteiger partial charge in [-0.2, -0.15) is 0 Å². The SMILES string of the molecule is CCOc1ccc(OCC(=O)OCC(=O)NC(C)c2cccc3ccccc23)cc1. The van der Waals surface area contributed by atoms with E-state index in [1.165, 1.54) is 0 Å². The number of nitrogens with one attached hydrogen (secondary N) is 1. The first kappa shape index (κ1) is 21.2. The van der Waals surface area contributed by atoms with Crippen molar-refractivity contribution in [2.24, 2.45) is 0 Å². The standard InChI is InChI=1S/C24H25NO5/c1-3-28-19-11-13-20(14-12-19)29-16-24(27)30-15-23(26)25-17(2)21-10-6-8-18-7-4-5-9-22(18)21/h4-14,17H,3,15-16H2,1-2H3,(H,25,26). The van der Waals surface area contributed by atoms with Crippen molar-refractivity contribution in [3.05, 3.63) is 72.3 Å². The molecule has 0 aromatic heterocycles. The maximum Gasteiger partial charge on any atom is 0.344 e. The molecule has 1 amide bonds. The Hall–Kier alpha value is -3.54. The molecule has 1 N–H and O–H groups in total. The van der Waals surface area contributed by atoms with Gasteiger partial charge < -0.3 is 19.5 Å². The van der Waals surface area contributed by atoms with E-state index in [9.17, 15) is 9.59 Å². The lowest BCUT2D eigenvalue weighted by Crippen LogP contribution is -2.32. The Kier molecular flexibility index (Phi) is 7.27. The Morgan fingerprint density at radius 2 is 1.53 bits per heavy atom. The summed E-state index contributed by atoms with van der Waals surface area (Å²) >= 11 is 0. The summed E-state index contributed by atoms with van der Waals surface area (Å²) in [4.78, 5) is 24.1. The second-order valence-electron chi connectivity index (χ2n) is 6.71. The Labute approximate surface area is 175 Å². The average molecular weight is 407 g/mol. The lowest BCUT2D eigenvalue weighted by molar-refractivity contribution is -0.150. The molecule has 3 aromatic carbocycles. The summed E-state index contributed by atoms with van der Waals surface area (Å²) in [5, 5.41) is 5.05. The smallest absolute Gasteiger partial charge is 0.344 e. The fraction of sp³-hybridized carbons (Fsp3) is 0.250. The molecule has 0 heterocycles. The first-order valence-corrected chi connectivity index (χ1v) is 9.85. The third-order valence-electron chi connectivity index (χ3n) is 4.52. The van der Waals surface area contributed by atoms with Crippen LogP contribution in [-0.4, -0.2) is 31.7 Å². The molecule has 0 aliphatic carbocycles. The highest BCUT2D eigenvalue weighted by Gasteiger charge is 2.14. The molecule has 1 atom stereocenters. The number of carbonyl (C=O) groups is 2. The highest BCUT2D eigenvalue weighted by atomic mass is 16.6. The number of hydrogen-bond donors (Lipinski definition) is 1. The van der Waals surface area contributed by atoms with Gasteiger partial charge in [0.1, 0.15) is 11.5 Å². The van der Waals surface area contributed by atoms with Crippen LogP contribution in [0.5, 0.6) is 11.5 Å². The highest BCUT2D eigenvalue weighted by Crippen LogP contribution is 2.24. The van der Waals surface area contributed by atoms with E-state index in [-0.39, 0.29) is 25.2 Å². The Bertz CT molecular complexity index is 995. The molecule has 0 radical (unpaired) electrons. The van der Waals surface area contributed by atoms with Crippen molar-refractivity contribution < 1.29 is 23.8 Å². The monoisotopic (exact) mass is 407 g/mol. The van der Waals surface area contributed by atoms with E-state index in [4.69, 9.17) is 14.2 Å². The number of hydrogen-bond acceptors (Lipinski definition) is 5. The van der Waals surface area contributed by atoms with Crippen molar-refractivity contribution in [1.82, 2.24) is 5.32 Å². The zero-order valence-corrected chi connectivity index (χ0v) is 17.1. The summed E-state index contributed by atoms with van der Waals surface area (Å²) in [5.74, 6) is 0.260. The molecule has 1 unspecified atom stereocenters. The van der Waals surface area contributed by atoms with Gasteiger partial charge in [0.25, 0.3) is 5.91 Å². The molecule has 6 heteroatoms. The molecular formula is C24H25NO5. The van der Waals surface area contributed by atoms with Gasteiger partial charge >= 0.3 is 5.97 Å². The molecule has 156 valence electrons. The fourth-order valence-corrected chi connectivity index (χ4v) is 3.12. The molecule has 0 aliphatic rings. The van der Waals surface area contributed by atoms with Crippen LogP contribution in [0, 0.1) is 0 Å². The van der Waals surface area contributed by atoms with Gasteiger partial charge in [-0.25, -0.2) is 4.79 Å². The van der Waals surface area contributed by atoms with Crippen LogP contribution in [0.25, 0.3) is 10.8 Å². The Morgan fingerprint density at radius 1 is 0.867 bits per heavy atom. The number of fused-ring (bicyclic) bond motifs is 1. The quantitative estimate of drug-likeness (QED) is 0.542. The second-order valence-corrected chi connectivity index (χ2v) is 6.71. The summed E-state index contributed by atoms with van der Waals surface area (Å²) in [7, 11) is 0. The van der Waals surface area contributed by atoms with E-state index < -0.39 is 5.97 Å². The normalized spacial score (nSPS) is 11.5. The van der Waals surface area contributed by atoms with Crippen LogP contribution in [0.2, 0.25) is 0 Å². The minimum Gasteiger partial charge on any atom is -0.494 e. The first-order valence-electron chi connectivity index (χ1n) is 9.85. The molecule has 0 saturated heterocycles. The van der Waals surface area contributed by atoms with Gasteiger partial charge in [-0.1, -0.05) is 42.5 Å². The first-order chi connectivity index (χ1) is 14.6. The molecular weight excluding hydrogens is 382 g/mol. The predicted octanol–water partition coefficient (Wildman–Crippen LogP) is 4.04. The lowest BCUT2D eigenvalue weighted by Gasteiger charge is -2.16. The molecule has 0 spiro atoms. The molecule has 6 nitrogen and oxygen atoms in total. The average Bonchev–Trinajstić information content (AvgIpc) is 2.77. The zero-order valence-electron chi connectivity index (χ0n) is 17.1. The van der Waals surface area contributed by atoms with Crippen molar-refractivity contribution in [3.8, 4) is 11.5 Å². The second kappa shape index (κ2) is 10.3. The van der Waals surface area contributed by atoms with E-state index in [0.717, 1.165) is 22.1 Å². The maximum absolute atomic E-state index is 12.2. The van der Waals surface area contributed by atoms with E-state index in [1.807, 2.05) is 56.3 Å². The maximum atomic E-state index is 12.2. The van der Waals surface area contributed by atoms with Gasteiger partial charge in [-0.15, -0.1) is 0 Å². The number of esters is 1. The largest absolute Gasteiger partial charge is 0.494 e. The van der Waals surface area contributed by atoms with Gasteiger partial charge in [-0.3, -0.25) is 4.79 Å². The van der Waals surface area contributed by atoms with Gasteiger partial charge in [0.05, 0.1) is 12.6 Å². The summed E-state index contributed by atoms with van der Waals surface area (Å²) in [6.45, 7) is 3.74. The number of rotatable bonds is 9. The van der Waals surface area contributed by atoms with Crippen LogP contribution in [-0.2, 0) is 14.3 Å². The minimum atomic E-state index is -0.614. The topological polar surface area (TPSA) is 73.9 Å². The number of benzene rings is 3. The molecule has 0 bridgehead atoms. The van der Waals surface area contributed by atoms with E-state index in [1.54, 1.807) is 24.3 Å². The highest BCUT2D eigenvalue weighted by molar-refractivity contribution is 5.87. The fourth-order valence-electron chi connectivity index (χ4n) is 3.12. The van der Waals surface area contributed by atoms with Crippen molar-refractivity contribution in [1.29, 1.82) is 0 Å². The van der Waals surface area contributed by atoms with Gasteiger partial charge in [0.15, 0.2) is 13.2 Å². The summed E-state index contributed by atoms with van der Waals surface area (Å²) in [6, 6.07) is 20.7. The molecule has 3 aromatic rings. The molecule has 30 heavy (non-hydrogen) atoms. The summed E-state index contributed by atoms with van der Waals surface area (Å²) in [6.07, 6.45) is 0. The Morgan fingerprint density at radius 3 is 2.27 bits per heavy atom. The number of carbonyl (C=O) groups excluding carboxylic acids is 2. The molecule has 0 fully saturated rings. The predicted molar refractivity (Wildman–Crippen MR) is 115 cm³/mol. The van der Waals surface area contributed by atoms with E-state index >= 15 is 0 Å². The molecule has 3 rings (SSSR count). The third-order valence-corrected chi connectivity index (χ3v) is 4.52. The third kappa shape index (κ3) is 5.73. The molecule has 0 saturated carbocycles. The Balaban J connectivity index is 1.45. The van der Waals surface area contributed by atoms with Crippen LogP contribution in [0.1, 0.15) is 25.5 Å². The van der Waals surface area contributed by atoms with Crippen molar-refractivity contribution in [2.45, 2.75) is 19.9 Å². The van der Waals surface area contributed by atoms with Crippen LogP contribution in [0.3, 0.4) is 0 Å². The lowest BCUT2D eigenvalue weighted by atomic mass is 10.00. The van der Waals surface area contributed by atoms with Crippen molar-refractivity contribution in [3.63, 3.8) is 0 Å². The summed E-state index contributed by atoms with van der Waals surface area (Å²) < 4.78 is 15.7. The van der Waals surface area contributed by atoms with Crippen LogP contribution in [0.15, 0.2) is 66.7 Å². The van der Waals surface area contributed by atoms with Gasteiger partial charge in [-0.05, 0) is 54.4 Å². The summed E-state index contributed by atoms with van der Waals surface area (Å²) in [5.41, 5.74) is 1.01. The van der Waals surface area contributed by atoms with Gasteiger partial charge in [0, 0.05) is 0 Å². The van der Waals surface area contributed by atoms with Gasteiger partial charge in [0.2, 0.25) is 0 Å². The minimum absolute atomic E-state index is 0.220. The van der Waals surface area contributed by atoms with Crippen molar-refractivity contribution >= 4 is 22.6 Å².